The SMILES string of the molecule is CCc1ccc(-c2csc3ncn(CC(C)(C)C(=O)O)c(=O)c23)cc1. The Balaban J connectivity index is 2.11. The zero-order valence-corrected chi connectivity index (χ0v) is 15.3. The summed E-state index contributed by atoms with van der Waals surface area (Å²) >= 11 is 1.43. The Morgan fingerprint density at radius 2 is 1.96 bits per heavy atom. The fourth-order valence-corrected chi connectivity index (χ4v) is 3.61. The summed E-state index contributed by atoms with van der Waals surface area (Å²) in [6.07, 6.45) is 2.40. The number of nitrogens with zero attached hydrogens (tertiary/aromatic N) is 2. The molecule has 0 saturated carbocycles. The summed E-state index contributed by atoms with van der Waals surface area (Å²) in [5.74, 6) is -0.944. The molecule has 3 rings (SSSR count). The number of aliphatic carboxylic acids is 1. The van der Waals surface area contributed by atoms with Crippen molar-refractivity contribution in [2.75, 3.05) is 0 Å². The van der Waals surface area contributed by atoms with Gasteiger partial charge in [0.15, 0.2) is 0 Å². The van der Waals surface area contributed by atoms with Crippen LogP contribution in [0, 0.1) is 5.41 Å². The van der Waals surface area contributed by atoms with Crippen LogP contribution in [0.4, 0.5) is 0 Å². The van der Waals surface area contributed by atoms with Gasteiger partial charge in [0.05, 0.1) is 17.1 Å². The number of rotatable bonds is 5. The van der Waals surface area contributed by atoms with Gasteiger partial charge in [-0.3, -0.25) is 14.2 Å². The molecule has 0 amide bonds. The van der Waals surface area contributed by atoms with Crippen molar-refractivity contribution < 1.29 is 9.90 Å². The quantitative estimate of drug-likeness (QED) is 0.755. The van der Waals surface area contributed by atoms with Gasteiger partial charge in [-0.1, -0.05) is 31.2 Å². The van der Waals surface area contributed by atoms with Crippen molar-refractivity contribution in [1.82, 2.24) is 9.55 Å². The number of hydrogen-bond donors (Lipinski definition) is 1. The summed E-state index contributed by atoms with van der Waals surface area (Å²) < 4.78 is 1.40. The summed E-state index contributed by atoms with van der Waals surface area (Å²) in [6.45, 7) is 5.38. The number of aromatic nitrogens is 2. The molecule has 1 N–H and O–H groups in total. The molecule has 3 aromatic rings. The lowest BCUT2D eigenvalue weighted by molar-refractivity contribution is -0.147. The second-order valence-corrected chi connectivity index (χ2v) is 7.60. The Hall–Kier alpha value is -2.47. The lowest BCUT2D eigenvalue weighted by Gasteiger charge is -2.20. The van der Waals surface area contributed by atoms with Crippen LogP contribution in [0.25, 0.3) is 21.3 Å². The molecule has 5 nitrogen and oxygen atoms in total. The highest BCUT2D eigenvalue weighted by molar-refractivity contribution is 7.17. The molecule has 2 aromatic heterocycles. The van der Waals surface area contributed by atoms with Gasteiger partial charge in [-0.15, -0.1) is 11.3 Å². The van der Waals surface area contributed by atoms with E-state index in [1.165, 1.54) is 27.8 Å². The maximum absolute atomic E-state index is 12.9. The largest absolute Gasteiger partial charge is 0.481 e. The van der Waals surface area contributed by atoms with E-state index in [1.807, 2.05) is 17.5 Å². The number of benzene rings is 1. The fraction of sp³-hybridized carbons (Fsp3) is 0.316. The third kappa shape index (κ3) is 3.22. The molecule has 0 aliphatic carbocycles. The second kappa shape index (κ2) is 6.44. The van der Waals surface area contributed by atoms with Crippen LogP contribution in [0.1, 0.15) is 26.3 Å². The van der Waals surface area contributed by atoms with Crippen LogP contribution in [-0.2, 0) is 17.8 Å². The monoisotopic (exact) mass is 356 g/mol. The highest BCUT2D eigenvalue weighted by Gasteiger charge is 2.28. The van der Waals surface area contributed by atoms with E-state index < -0.39 is 11.4 Å². The third-order valence-electron chi connectivity index (χ3n) is 4.38. The maximum Gasteiger partial charge on any atom is 0.310 e. The first-order chi connectivity index (χ1) is 11.8. The van der Waals surface area contributed by atoms with E-state index in [-0.39, 0.29) is 12.1 Å². The van der Waals surface area contributed by atoms with E-state index in [0.717, 1.165) is 17.5 Å². The minimum Gasteiger partial charge on any atom is -0.481 e. The molecule has 0 spiro atoms. The average Bonchev–Trinajstić information content (AvgIpc) is 3.02. The Morgan fingerprint density at radius 3 is 2.56 bits per heavy atom. The van der Waals surface area contributed by atoms with Crippen LogP contribution in [0.15, 0.2) is 40.8 Å². The van der Waals surface area contributed by atoms with Gasteiger partial charge in [-0.05, 0) is 31.4 Å². The lowest BCUT2D eigenvalue weighted by atomic mass is 9.94. The van der Waals surface area contributed by atoms with E-state index >= 15 is 0 Å². The highest BCUT2D eigenvalue weighted by atomic mass is 32.1. The molecule has 130 valence electrons. The van der Waals surface area contributed by atoms with E-state index in [1.54, 1.807) is 13.8 Å². The standard InChI is InChI=1S/C19H20N2O3S/c1-4-12-5-7-13(8-6-12)14-9-25-16-15(14)17(22)21(11-20-16)10-19(2,3)18(23)24/h5-9,11H,4,10H2,1-3H3,(H,23,24). The van der Waals surface area contributed by atoms with Crippen LogP contribution in [-0.4, -0.2) is 20.6 Å². The van der Waals surface area contributed by atoms with Crippen LogP contribution in [0.5, 0.6) is 0 Å². The molecule has 25 heavy (non-hydrogen) atoms. The van der Waals surface area contributed by atoms with Gasteiger partial charge in [0.2, 0.25) is 0 Å². The second-order valence-electron chi connectivity index (χ2n) is 6.75. The molecule has 1 aromatic carbocycles. The van der Waals surface area contributed by atoms with E-state index in [9.17, 15) is 14.7 Å². The molecule has 0 aliphatic heterocycles. The van der Waals surface area contributed by atoms with Crippen LogP contribution in [0.2, 0.25) is 0 Å². The van der Waals surface area contributed by atoms with Crippen molar-refractivity contribution >= 4 is 27.5 Å². The number of carboxylic acid groups (broad SMARTS) is 1. The summed E-state index contributed by atoms with van der Waals surface area (Å²) in [4.78, 5) is 29.3. The average molecular weight is 356 g/mol. The smallest absolute Gasteiger partial charge is 0.310 e. The minimum absolute atomic E-state index is 0.0775. The van der Waals surface area contributed by atoms with Crippen molar-refractivity contribution in [3.05, 3.63) is 51.9 Å². The molecule has 0 aliphatic rings. The van der Waals surface area contributed by atoms with Crippen LogP contribution in [0.3, 0.4) is 0 Å². The molecule has 0 fully saturated rings. The van der Waals surface area contributed by atoms with Gasteiger partial charge in [-0.25, -0.2) is 4.98 Å². The molecule has 0 bridgehead atoms. The normalized spacial score (nSPS) is 11.8. The Bertz CT molecular complexity index is 984. The van der Waals surface area contributed by atoms with Crippen molar-refractivity contribution in [3.63, 3.8) is 0 Å². The third-order valence-corrected chi connectivity index (χ3v) is 5.26. The molecule has 2 heterocycles. The lowest BCUT2D eigenvalue weighted by Crippen LogP contribution is -2.34. The van der Waals surface area contributed by atoms with Gasteiger partial charge >= 0.3 is 5.97 Å². The number of hydrogen-bond acceptors (Lipinski definition) is 4. The van der Waals surface area contributed by atoms with Gasteiger partial charge in [0.1, 0.15) is 4.83 Å². The van der Waals surface area contributed by atoms with Crippen molar-refractivity contribution in [2.24, 2.45) is 5.41 Å². The van der Waals surface area contributed by atoms with E-state index in [4.69, 9.17) is 0 Å². The predicted octanol–water partition coefficient (Wildman–Crippen LogP) is 3.80. The van der Waals surface area contributed by atoms with Gasteiger partial charge in [-0.2, -0.15) is 0 Å². The molecule has 0 radical (unpaired) electrons. The number of fused-ring (bicyclic) bond motifs is 1. The molecule has 0 saturated heterocycles. The number of thiophene rings is 1. The van der Waals surface area contributed by atoms with Crippen LogP contribution >= 0.6 is 11.3 Å². The number of carbonyl (C=O) groups is 1. The Morgan fingerprint density at radius 1 is 1.28 bits per heavy atom. The van der Waals surface area contributed by atoms with Gasteiger partial charge < -0.3 is 5.11 Å². The highest BCUT2D eigenvalue weighted by Crippen LogP contribution is 2.31. The zero-order chi connectivity index (χ0) is 18.2. The molecule has 0 atom stereocenters. The molecule has 0 unspecified atom stereocenters. The van der Waals surface area contributed by atoms with Gasteiger partial charge in [0, 0.05) is 17.5 Å². The maximum atomic E-state index is 12.9. The first-order valence-electron chi connectivity index (χ1n) is 8.13. The van der Waals surface area contributed by atoms with E-state index in [0.29, 0.717) is 10.2 Å². The molecular formula is C19H20N2O3S. The van der Waals surface area contributed by atoms with Crippen LogP contribution < -0.4 is 5.56 Å². The number of carboxylic acids is 1. The summed E-state index contributed by atoms with van der Waals surface area (Å²) in [7, 11) is 0. The summed E-state index contributed by atoms with van der Waals surface area (Å²) in [5, 5.41) is 11.8. The van der Waals surface area contributed by atoms with Crippen molar-refractivity contribution in [2.45, 2.75) is 33.7 Å². The fourth-order valence-electron chi connectivity index (χ4n) is 2.71. The predicted molar refractivity (Wildman–Crippen MR) is 100 cm³/mol. The van der Waals surface area contributed by atoms with E-state index in [2.05, 4.69) is 24.0 Å². The van der Waals surface area contributed by atoms with Crippen molar-refractivity contribution in [3.8, 4) is 11.1 Å². The summed E-state index contributed by atoms with van der Waals surface area (Å²) in [5.41, 5.74) is 1.82. The topological polar surface area (TPSA) is 72.2 Å². The minimum atomic E-state index is -1.04. The van der Waals surface area contributed by atoms with Gasteiger partial charge in [0.25, 0.3) is 5.56 Å². The first kappa shape index (κ1) is 17.4. The molecule has 6 heteroatoms. The number of aryl methyl sites for hydroxylation is 1. The zero-order valence-electron chi connectivity index (χ0n) is 14.4. The summed E-state index contributed by atoms with van der Waals surface area (Å²) in [6, 6.07) is 8.14. The molecular weight excluding hydrogens is 336 g/mol. The van der Waals surface area contributed by atoms with Crippen molar-refractivity contribution in [1.29, 1.82) is 0 Å². The Kier molecular flexibility index (Phi) is 4.47. The Labute approximate surface area is 149 Å². The first-order valence-corrected chi connectivity index (χ1v) is 9.01.